The Morgan fingerprint density at radius 1 is 1.31 bits per heavy atom. The molecule has 0 bridgehead atoms. The molecule has 0 radical (unpaired) electrons. The molecule has 1 aromatic rings. The maximum atomic E-state index is 5.90. The van der Waals surface area contributed by atoms with E-state index in [0.717, 1.165) is 6.61 Å². The van der Waals surface area contributed by atoms with Crippen molar-refractivity contribution in [1.29, 1.82) is 0 Å². The molecule has 2 aliphatic rings. The molecule has 1 aliphatic carbocycles. The van der Waals surface area contributed by atoms with Gasteiger partial charge in [0.15, 0.2) is 0 Å². The highest BCUT2D eigenvalue weighted by molar-refractivity contribution is 14.1. The van der Waals surface area contributed by atoms with Gasteiger partial charge < -0.3 is 4.74 Å². The van der Waals surface area contributed by atoms with Gasteiger partial charge in [0.1, 0.15) is 0 Å². The first-order valence-corrected chi connectivity index (χ1v) is 5.81. The second kappa shape index (κ2) is 2.70. The van der Waals surface area contributed by atoms with Gasteiger partial charge in [0.2, 0.25) is 0 Å². The molecule has 1 fully saturated rings. The molecule has 3 rings (SSSR count). The van der Waals surface area contributed by atoms with Crippen molar-refractivity contribution in [1.82, 2.24) is 0 Å². The molecule has 1 nitrogen and oxygen atoms in total. The van der Waals surface area contributed by atoms with Gasteiger partial charge in [0.25, 0.3) is 0 Å². The molecule has 0 aromatic heterocycles. The number of rotatable bonds is 0. The third-order valence-electron chi connectivity index (χ3n) is 3.22. The standard InChI is InChI=1S/C11H11IO/c12-9-2-3-10-8(6-9)7-13-11(10)4-1-5-11/h2-3,6H,1,4-5,7H2. The fourth-order valence-corrected chi connectivity index (χ4v) is 2.89. The van der Waals surface area contributed by atoms with Crippen LogP contribution in [0.4, 0.5) is 0 Å². The molecule has 68 valence electrons. The van der Waals surface area contributed by atoms with Gasteiger partial charge in [-0.3, -0.25) is 0 Å². The molecular weight excluding hydrogens is 275 g/mol. The van der Waals surface area contributed by atoms with Crippen molar-refractivity contribution in [3.05, 3.63) is 32.9 Å². The molecule has 1 spiro atoms. The zero-order valence-corrected chi connectivity index (χ0v) is 9.50. The summed E-state index contributed by atoms with van der Waals surface area (Å²) < 4.78 is 7.21. The van der Waals surface area contributed by atoms with Crippen LogP contribution in [0.3, 0.4) is 0 Å². The Balaban J connectivity index is 2.11. The van der Waals surface area contributed by atoms with Crippen LogP contribution in [-0.4, -0.2) is 0 Å². The molecule has 0 amide bonds. The van der Waals surface area contributed by atoms with Gasteiger partial charge in [-0.25, -0.2) is 0 Å². The van der Waals surface area contributed by atoms with Gasteiger partial charge in [0.05, 0.1) is 12.2 Å². The number of benzene rings is 1. The smallest absolute Gasteiger partial charge is 0.0939 e. The minimum Gasteiger partial charge on any atom is -0.366 e. The van der Waals surface area contributed by atoms with Crippen molar-refractivity contribution in [3.8, 4) is 0 Å². The van der Waals surface area contributed by atoms with E-state index in [9.17, 15) is 0 Å². The first-order valence-electron chi connectivity index (χ1n) is 4.73. The summed E-state index contributed by atoms with van der Waals surface area (Å²) in [4.78, 5) is 0. The van der Waals surface area contributed by atoms with Crippen molar-refractivity contribution >= 4 is 22.6 Å². The Kier molecular flexibility index (Phi) is 1.71. The normalized spacial score (nSPS) is 22.8. The lowest BCUT2D eigenvalue weighted by Crippen LogP contribution is -2.33. The van der Waals surface area contributed by atoms with Crippen LogP contribution in [0.5, 0.6) is 0 Å². The molecule has 0 saturated heterocycles. The van der Waals surface area contributed by atoms with Crippen molar-refractivity contribution in [2.24, 2.45) is 0 Å². The van der Waals surface area contributed by atoms with Crippen molar-refractivity contribution in [2.75, 3.05) is 0 Å². The Morgan fingerprint density at radius 3 is 2.85 bits per heavy atom. The van der Waals surface area contributed by atoms with Gasteiger partial charge in [-0.1, -0.05) is 6.07 Å². The number of halogens is 1. The molecule has 1 aliphatic heterocycles. The molecule has 2 heteroatoms. The topological polar surface area (TPSA) is 9.23 Å². The van der Waals surface area contributed by atoms with Gasteiger partial charge in [-0.05, 0) is 65.1 Å². The van der Waals surface area contributed by atoms with Crippen LogP contribution in [0.2, 0.25) is 0 Å². The molecule has 0 N–H and O–H groups in total. The van der Waals surface area contributed by atoms with E-state index >= 15 is 0 Å². The van der Waals surface area contributed by atoms with E-state index in [-0.39, 0.29) is 5.60 Å². The van der Waals surface area contributed by atoms with Crippen LogP contribution in [-0.2, 0) is 16.9 Å². The SMILES string of the molecule is Ic1ccc2c(c1)COC21CCC1. The maximum absolute atomic E-state index is 5.90. The summed E-state index contributed by atoms with van der Waals surface area (Å²) in [6, 6.07) is 6.69. The third kappa shape index (κ3) is 1.08. The minimum absolute atomic E-state index is 0.139. The van der Waals surface area contributed by atoms with Crippen molar-refractivity contribution < 1.29 is 4.74 Å². The lowest BCUT2D eigenvalue weighted by Gasteiger charge is -2.38. The molecule has 0 unspecified atom stereocenters. The highest BCUT2D eigenvalue weighted by Crippen LogP contribution is 2.50. The quantitative estimate of drug-likeness (QED) is 0.665. The Labute approximate surface area is 91.6 Å². The number of ether oxygens (including phenoxy) is 1. The van der Waals surface area contributed by atoms with Gasteiger partial charge >= 0.3 is 0 Å². The van der Waals surface area contributed by atoms with Crippen molar-refractivity contribution in [3.63, 3.8) is 0 Å². The zero-order valence-electron chi connectivity index (χ0n) is 7.35. The first kappa shape index (κ1) is 8.24. The summed E-state index contributed by atoms with van der Waals surface area (Å²) in [6.45, 7) is 0.826. The molecule has 1 heterocycles. The molecule has 1 aromatic carbocycles. The number of hydrogen-bond acceptors (Lipinski definition) is 1. The van der Waals surface area contributed by atoms with Crippen LogP contribution >= 0.6 is 22.6 Å². The van der Waals surface area contributed by atoms with E-state index in [1.807, 2.05) is 0 Å². The maximum Gasteiger partial charge on any atom is 0.0939 e. The second-order valence-corrected chi connectivity index (χ2v) is 5.18. The Hall–Kier alpha value is -0.0900. The third-order valence-corrected chi connectivity index (χ3v) is 3.89. The van der Waals surface area contributed by atoms with E-state index in [1.54, 1.807) is 0 Å². The summed E-state index contributed by atoms with van der Waals surface area (Å²) in [5.74, 6) is 0. The molecule has 13 heavy (non-hydrogen) atoms. The zero-order chi connectivity index (χ0) is 8.89. The number of fused-ring (bicyclic) bond motifs is 2. The molecule has 1 saturated carbocycles. The summed E-state index contributed by atoms with van der Waals surface area (Å²) >= 11 is 2.36. The fourth-order valence-electron chi connectivity index (χ4n) is 2.33. The summed E-state index contributed by atoms with van der Waals surface area (Å²) in [6.07, 6.45) is 3.77. The average Bonchev–Trinajstić information content (AvgIpc) is 2.41. The van der Waals surface area contributed by atoms with Crippen LogP contribution in [0.25, 0.3) is 0 Å². The summed E-state index contributed by atoms with van der Waals surface area (Å²) in [7, 11) is 0. The predicted octanol–water partition coefficient (Wildman–Crippen LogP) is 3.20. The lowest BCUT2D eigenvalue weighted by atomic mass is 9.75. The lowest BCUT2D eigenvalue weighted by molar-refractivity contribution is -0.0943. The van der Waals surface area contributed by atoms with E-state index in [4.69, 9.17) is 4.74 Å². The Bertz CT molecular complexity index is 355. The second-order valence-electron chi connectivity index (χ2n) is 3.94. The van der Waals surface area contributed by atoms with Gasteiger partial charge in [-0.2, -0.15) is 0 Å². The largest absolute Gasteiger partial charge is 0.366 e. The minimum atomic E-state index is 0.139. The van der Waals surface area contributed by atoms with Crippen LogP contribution in [0.15, 0.2) is 18.2 Å². The summed E-state index contributed by atoms with van der Waals surface area (Å²) in [5.41, 5.74) is 3.01. The van der Waals surface area contributed by atoms with E-state index in [1.165, 1.54) is 34.0 Å². The van der Waals surface area contributed by atoms with Crippen LogP contribution in [0.1, 0.15) is 30.4 Å². The highest BCUT2D eigenvalue weighted by Gasteiger charge is 2.44. The highest BCUT2D eigenvalue weighted by atomic mass is 127. The van der Waals surface area contributed by atoms with Gasteiger partial charge in [0, 0.05) is 3.57 Å². The van der Waals surface area contributed by atoms with E-state index < -0.39 is 0 Å². The molecular formula is C11H11IO. The number of hydrogen-bond donors (Lipinski definition) is 0. The summed E-state index contributed by atoms with van der Waals surface area (Å²) in [5, 5.41) is 0. The predicted molar refractivity (Wildman–Crippen MR) is 59.5 cm³/mol. The first-order chi connectivity index (χ1) is 6.30. The Morgan fingerprint density at radius 2 is 2.15 bits per heavy atom. The monoisotopic (exact) mass is 286 g/mol. The van der Waals surface area contributed by atoms with Crippen LogP contribution < -0.4 is 0 Å². The van der Waals surface area contributed by atoms with Gasteiger partial charge in [-0.15, -0.1) is 0 Å². The van der Waals surface area contributed by atoms with E-state index in [2.05, 4.69) is 40.8 Å². The van der Waals surface area contributed by atoms with Crippen LogP contribution in [0, 0.1) is 3.57 Å². The van der Waals surface area contributed by atoms with E-state index in [0.29, 0.717) is 0 Å². The average molecular weight is 286 g/mol. The fraction of sp³-hybridized carbons (Fsp3) is 0.455. The van der Waals surface area contributed by atoms with Crippen molar-refractivity contribution in [2.45, 2.75) is 31.5 Å². The molecule has 0 atom stereocenters.